The summed E-state index contributed by atoms with van der Waals surface area (Å²) in [6, 6.07) is 14.2. The number of amides is 6. The second kappa shape index (κ2) is 19.9. The Balaban J connectivity index is 0.931. The summed E-state index contributed by atoms with van der Waals surface area (Å²) in [5.74, 6) is -0.431. The number of urea groups is 2. The van der Waals surface area contributed by atoms with E-state index < -0.39 is 12.1 Å². The van der Waals surface area contributed by atoms with Crippen LogP contribution in [0.15, 0.2) is 60.9 Å². The SMILES string of the molecule is CCc1nc2c(cnn2CC)c(NC2CCN(C(N)=O)CC2)c1CNC(=O)c1ccc(-c2ccc(C(=O)NCc3c(CC)nc4c(cnn4CC)c3NC3CCN(C(N)=O)CC3)cc2)cc1. The Hall–Kier alpha value is -7.24. The van der Waals surface area contributed by atoms with Crippen molar-refractivity contribution in [1.82, 2.24) is 50.0 Å². The molecule has 2 fully saturated rings. The maximum absolute atomic E-state index is 13.6. The largest absolute Gasteiger partial charge is 0.381 e. The maximum atomic E-state index is 13.6. The van der Waals surface area contributed by atoms with Crippen molar-refractivity contribution in [3.05, 3.63) is 94.6 Å². The van der Waals surface area contributed by atoms with E-state index in [0.717, 1.165) is 92.8 Å². The predicted molar refractivity (Wildman–Crippen MR) is 255 cm³/mol. The van der Waals surface area contributed by atoms with Crippen LogP contribution in [0.4, 0.5) is 21.0 Å². The Morgan fingerprint density at radius 1 is 0.576 bits per heavy atom. The van der Waals surface area contributed by atoms with Gasteiger partial charge in [0.1, 0.15) is 0 Å². The highest BCUT2D eigenvalue weighted by Gasteiger charge is 2.27. The first-order chi connectivity index (χ1) is 32.0. The summed E-state index contributed by atoms with van der Waals surface area (Å²) >= 11 is 0. The third-order valence-electron chi connectivity index (χ3n) is 13.0. The quantitative estimate of drug-likeness (QED) is 0.0727. The van der Waals surface area contributed by atoms with Crippen LogP contribution in [0.25, 0.3) is 33.2 Å². The first kappa shape index (κ1) is 45.3. The van der Waals surface area contributed by atoms with Crippen molar-refractivity contribution in [1.29, 1.82) is 0 Å². The number of aryl methyl sites for hydroxylation is 4. The summed E-state index contributed by atoms with van der Waals surface area (Å²) in [6.07, 6.45) is 7.97. The van der Waals surface area contributed by atoms with Crippen LogP contribution >= 0.6 is 0 Å². The molecule has 0 aliphatic carbocycles. The maximum Gasteiger partial charge on any atom is 0.314 e. The lowest BCUT2D eigenvalue weighted by molar-refractivity contribution is 0.0942. The monoisotopic (exact) mass is 896 g/mol. The van der Waals surface area contributed by atoms with Crippen LogP contribution in [0.3, 0.4) is 0 Å². The second-order valence-corrected chi connectivity index (χ2v) is 16.9. The summed E-state index contributed by atoms with van der Waals surface area (Å²) in [6.45, 7) is 12.3. The fraction of sp³-hybridized carbons (Fsp3) is 0.417. The predicted octanol–water partition coefficient (Wildman–Crippen LogP) is 5.78. The van der Waals surface area contributed by atoms with Gasteiger partial charge in [0.05, 0.1) is 34.5 Å². The standard InChI is InChI=1S/C48H60N14O4/c1-5-39-35(41(37-27-53-61(7-3)43(37)57-39)55-33-17-21-59(22-18-33)47(49)65)25-51-45(63)31-13-9-29(10-14-31)30-11-15-32(16-12-30)46(64)52-26-36-40(6-2)58-44-38(28-54-62(44)8-4)42(36)56-34-19-23-60(24-20-34)48(50)66/h9-16,27-28,33-34H,5-8,17-26H2,1-4H3,(H2,49,65)(H2,50,66)(H,51,63)(H,52,64)(H,55,57)(H,56,58). The molecule has 8 N–H and O–H groups in total. The number of hydrogen-bond acceptors (Lipinski definition) is 10. The lowest BCUT2D eigenvalue weighted by Gasteiger charge is -2.32. The van der Waals surface area contributed by atoms with Crippen LogP contribution in [0.1, 0.15) is 96.6 Å². The minimum Gasteiger partial charge on any atom is -0.381 e. The van der Waals surface area contributed by atoms with E-state index in [1.807, 2.05) is 59.9 Å². The van der Waals surface area contributed by atoms with Gasteiger partial charge < -0.3 is 42.5 Å². The summed E-state index contributed by atoms with van der Waals surface area (Å²) in [5.41, 5.74) is 20.9. The van der Waals surface area contributed by atoms with Gasteiger partial charge >= 0.3 is 12.1 Å². The van der Waals surface area contributed by atoms with Gasteiger partial charge in [-0.2, -0.15) is 10.2 Å². The van der Waals surface area contributed by atoms with Crippen molar-refractivity contribution < 1.29 is 19.2 Å². The molecule has 2 aliphatic heterocycles. The second-order valence-electron chi connectivity index (χ2n) is 16.9. The molecule has 0 radical (unpaired) electrons. The third-order valence-corrected chi connectivity index (χ3v) is 13.0. The summed E-state index contributed by atoms with van der Waals surface area (Å²) in [5, 5.41) is 24.7. The minimum atomic E-state index is -0.404. The topological polar surface area (TPSA) is 236 Å². The molecule has 346 valence electrons. The third kappa shape index (κ3) is 9.44. The number of nitrogens with two attached hydrogens (primary N) is 2. The number of fused-ring (bicyclic) bond motifs is 2. The summed E-state index contributed by atoms with van der Waals surface area (Å²) in [4.78, 5) is 64.2. The molecule has 2 aromatic carbocycles. The van der Waals surface area contributed by atoms with Gasteiger partial charge in [-0.25, -0.2) is 28.9 Å². The van der Waals surface area contributed by atoms with Gasteiger partial charge in [0.25, 0.3) is 11.8 Å². The lowest BCUT2D eigenvalue weighted by Crippen LogP contribution is -2.44. The number of pyridine rings is 2. The number of benzene rings is 2. The van der Waals surface area contributed by atoms with Crippen LogP contribution < -0.4 is 32.7 Å². The normalized spacial score (nSPS) is 14.7. The molecule has 6 heterocycles. The van der Waals surface area contributed by atoms with Crippen molar-refractivity contribution in [2.45, 2.75) is 104 Å². The molecule has 0 saturated carbocycles. The Labute approximate surface area is 383 Å². The zero-order valence-corrected chi connectivity index (χ0v) is 38.2. The zero-order valence-electron chi connectivity index (χ0n) is 38.2. The van der Waals surface area contributed by atoms with E-state index in [4.69, 9.17) is 21.4 Å². The molecule has 2 saturated heterocycles. The molecule has 2 aliphatic rings. The molecule has 8 rings (SSSR count). The van der Waals surface area contributed by atoms with Crippen LogP contribution in [0, 0.1) is 0 Å². The molecule has 6 aromatic rings. The van der Waals surface area contributed by atoms with Gasteiger partial charge in [0, 0.05) is 98.1 Å². The number of likely N-dealkylation sites (tertiary alicyclic amines) is 2. The molecular formula is C48H60N14O4. The molecule has 6 amide bonds. The van der Waals surface area contributed by atoms with E-state index in [1.165, 1.54) is 0 Å². The molecule has 18 nitrogen and oxygen atoms in total. The van der Waals surface area contributed by atoms with Crippen molar-refractivity contribution >= 4 is 57.3 Å². The van der Waals surface area contributed by atoms with Gasteiger partial charge in [0.15, 0.2) is 11.3 Å². The minimum absolute atomic E-state index is 0.110. The van der Waals surface area contributed by atoms with Gasteiger partial charge in [-0.05, 0) is 87.8 Å². The Bertz CT molecular complexity index is 2540. The van der Waals surface area contributed by atoms with E-state index in [0.29, 0.717) is 63.2 Å². The number of carbonyl (C=O) groups is 4. The Morgan fingerprint density at radius 2 is 0.939 bits per heavy atom. The first-order valence-corrected chi connectivity index (χ1v) is 23.1. The summed E-state index contributed by atoms with van der Waals surface area (Å²) < 4.78 is 3.76. The van der Waals surface area contributed by atoms with Crippen molar-refractivity contribution in [2.75, 3.05) is 36.8 Å². The zero-order chi connectivity index (χ0) is 46.5. The highest BCUT2D eigenvalue weighted by Crippen LogP contribution is 2.33. The molecule has 4 aromatic heterocycles. The van der Waals surface area contributed by atoms with Gasteiger partial charge in [-0.15, -0.1) is 0 Å². The smallest absolute Gasteiger partial charge is 0.314 e. The van der Waals surface area contributed by atoms with Crippen molar-refractivity contribution in [2.24, 2.45) is 11.5 Å². The highest BCUT2D eigenvalue weighted by molar-refractivity contribution is 5.97. The van der Waals surface area contributed by atoms with E-state index >= 15 is 0 Å². The number of anilines is 2. The van der Waals surface area contributed by atoms with E-state index in [9.17, 15) is 19.2 Å². The average Bonchev–Trinajstić information content (AvgIpc) is 3.97. The van der Waals surface area contributed by atoms with Crippen LogP contribution in [-0.4, -0.2) is 101 Å². The van der Waals surface area contributed by atoms with E-state index in [1.54, 1.807) is 34.1 Å². The van der Waals surface area contributed by atoms with Crippen LogP contribution in [-0.2, 0) is 39.0 Å². The number of rotatable bonds is 15. The van der Waals surface area contributed by atoms with E-state index in [-0.39, 0.29) is 37.0 Å². The molecule has 18 heteroatoms. The number of carbonyl (C=O) groups excluding carboxylic acids is 4. The van der Waals surface area contributed by atoms with Gasteiger partial charge in [0.2, 0.25) is 0 Å². The van der Waals surface area contributed by atoms with Crippen LogP contribution in [0.5, 0.6) is 0 Å². The fourth-order valence-electron chi connectivity index (χ4n) is 9.18. The molecule has 0 atom stereocenters. The first-order valence-electron chi connectivity index (χ1n) is 23.1. The van der Waals surface area contributed by atoms with E-state index in [2.05, 4.69) is 45.3 Å². The van der Waals surface area contributed by atoms with Gasteiger partial charge in [-0.3, -0.25) is 9.59 Å². The number of hydrogen-bond donors (Lipinski definition) is 6. The highest BCUT2D eigenvalue weighted by atomic mass is 16.2. The molecule has 0 spiro atoms. The number of piperidine rings is 2. The van der Waals surface area contributed by atoms with Crippen molar-refractivity contribution in [3.8, 4) is 11.1 Å². The number of aromatic nitrogens is 6. The lowest BCUT2D eigenvalue weighted by atomic mass is 10.0. The molecule has 0 bridgehead atoms. The fourth-order valence-corrected chi connectivity index (χ4v) is 9.18. The number of primary amides is 2. The van der Waals surface area contributed by atoms with Crippen molar-refractivity contribution in [3.63, 3.8) is 0 Å². The van der Waals surface area contributed by atoms with Gasteiger partial charge in [-0.1, -0.05) is 38.1 Å². The molecular weight excluding hydrogens is 837 g/mol. The molecule has 0 unspecified atom stereocenters. The molecule has 66 heavy (non-hydrogen) atoms. The van der Waals surface area contributed by atoms with Crippen LogP contribution in [0.2, 0.25) is 0 Å². The Morgan fingerprint density at radius 3 is 1.26 bits per heavy atom. The number of nitrogens with one attached hydrogen (secondary N) is 4. The number of nitrogens with zero attached hydrogens (tertiary/aromatic N) is 8. The summed E-state index contributed by atoms with van der Waals surface area (Å²) in [7, 11) is 0. The average molecular weight is 897 g/mol. The Kier molecular flexibility index (Phi) is 13.7.